The Hall–Kier alpha value is -2.42. The van der Waals surface area contributed by atoms with Gasteiger partial charge >= 0.3 is 0 Å². The molecule has 0 unspecified atom stereocenters. The minimum absolute atomic E-state index is 0.0977. The van der Waals surface area contributed by atoms with E-state index in [1.165, 1.54) is 22.1 Å². The van der Waals surface area contributed by atoms with Crippen molar-refractivity contribution in [1.82, 2.24) is 4.98 Å². The summed E-state index contributed by atoms with van der Waals surface area (Å²) >= 11 is 0. The van der Waals surface area contributed by atoms with E-state index in [4.69, 9.17) is 0 Å². The molecule has 0 fully saturated rings. The van der Waals surface area contributed by atoms with E-state index in [0.717, 1.165) is 5.69 Å². The van der Waals surface area contributed by atoms with E-state index in [-0.39, 0.29) is 6.17 Å². The molecule has 0 radical (unpaired) electrons. The molecular weight excluding hydrogens is 222 g/mol. The molecule has 3 aromatic rings. The molecule has 2 heterocycles. The summed E-state index contributed by atoms with van der Waals surface area (Å²) in [5, 5.41) is 9.57. The number of hydrogen-bond acceptors (Lipinski definition) is 2. The van der Waals surface area contributed by atoms with Crippen molar-refractivity contribution in [2.75, 3.05) is 10.6 Å². The number of H-pyrrole nitrogens is 1. The van der Waals surface area contributed by atoms with Gasteiger partial charge in [0, 0.05) is 23.0 Å². The van der Waals surface area contributed by atoms with E-state index in [1.807, 2.05) is 12.3 Å². The van der Waals surface area contributed by atoms with Gasteiger partial charge in [0.15, 0.2) is 0 Å². The van der Waals surface area contributed by atoms with Gasteiger partial charge in [-0.25, -0.2) is 0 Å². The molecule has 18 heavy (non-hydrogen) atoms. The number of aromatic nitrogens is 1. The summed E-state index contributed by atoms with van der Waals surface area (Å²) in [6.45, 7) is 0. The monoisotopic (exact) mass is 235 g/mol. The van der Waals surface area contributed by atoms with Gasteiger partial charge in [0.25, 0.3) is 0 Å². The van der Waals surface area contributed by atoms with Crippen LogP contribution in [-0.2, 0) is 0 Å². The predicted molar refractivity (Wildman–Crippen MR) is 74.7 cm³/mol. The fourth-order valence-electron chi connectivity index (χ4n) is 2.61. The van der Waals surface area contributed by atoms with Crippen LogP contribution in [0.15, 0.2) is 54.7 Å². The molecule has 2 aromatic carbocycles. The molecule has 3 heteroatoms. The van der Waals surface area contributed by atoms with Crippen LogP contribution in [0.1, 0.15) is 11.9 Å². The van der Waals surface area contributed by atoms with Gasteiger partial charge in [-0.1, -0.05) is 24.3 Å². The lowest BCUT2D eigenvalue weighted by Crippen LogP contribution is -2.23. The van der Waals surface area contributed by atoms with Crippen molar-refractivity contribution in [3.05, 3.63) is 60.4 Å². The summed E-state index contributed by atoms with van der Waals surface area (Å²) in [5.74, 6) is 0. The number of nitrogens with one attached hydrogen (secondary N) is 3. The zero-order chi connectivity index (χ0) is 11.9. The summed E-state index contributed by atoms with van der Waals surface area (Å²) in [6, 6.07) is 16.8. The van der Waals surface area contributed by atoms with Gasteiger partial charge in [-0.3, -0.25) is 0 Å². The molecule has 3 nitrogen and oxygen atoms in total. The highest BCUT2D eigenvalue weighted by Crippen LogP contribution is 2.37. The molecule has 0 bridgehead atoms. The van der Waals surface area contributed by atoms with E-state index in [9.17, 15) is 0 Å². The van der Waals surface area contributed by atoms with Crippen molar-refractivity contribution < 1.29 is 0 Å². The Bertz CT molecular complexity index is 660. The van der Waals surface area contributed by atoms with Crippen LogP contribution in [0.3, 0.4) is 0 Å². The first-order valence-electron chi connectivity index (χ1n) is 6.10. The van der Waals surface area contributed by atoms with E-state index < -0.39 is 0 Å². The summed E-state index contributed by atoms with van der Waals surface area (Å²) in [5.41, 5.74) is 3.50. The molecule has 0 atom stereocenters. The summed E-state index contributed by atoms with van der Waals surface area (Å²) < 4.78 is 0. The van der Waals surface area contributed by atoms with Gasteiger partial charge in [-0.2, -0.15) is 0 Å². The Balaban J connectivity index is 1.89. The van der Waals surface area contributed by atoms with Crippen LogP contribution < -0.4 is 10.6 Å². The van der Waals surface area contributed by atoms with Crippen molar-refractivity contribution in [3.8, 4) is 0 Å². The van der Waals surface area contributed by atoms with Crippen molar-refractivity contribution in [3.63, 3.8) is 0 Å². The van der Waals surface area contributed by atoms with Crippen LogP contribution in [0.25, 0.3) is 10.8 Å². The fraction of sp³-hybridized carbons (Fsp3) is 0.0667. The second-order valence-corrected chi connectivity index (χ2v) is 4.56. The molecule has 1 aliphatic heterocycles. The predicted octanol–water partition coefficient (Wildman–Crippen LogP) is 3.70. The van der Waals surface area contributed by atoms with Crippen LogP contribution in [-0.4, -0.2) is 4.98 Å². The number of benzene rings is 2. The Kier molecular flexibility index (Phi) is 1.88. The van der Waals surface area contributed by atoms with Gasteiger partial charge in [0.05, 0.1) is 5.69 Å². The van der Waals surface area contributed by atoms with Crippen molar-refractivity contribution >= 4 is 22.1 Å². The van der Waals surface area contributed by atoms with Crippen LogP contribution in [0.4, 0.5) is 11.4 Å². The highest BCUT2D eigenvalue weighted by atomic mass is 15.2. The number of aromatic amines is 1. The average molecular weight is 235 g/mol. The maximum atomic E-state index is 3.52. The Morgan fingerprint density at radius 2 is 1.50 bits per heavy atom. The Labute approximate surface area is 105 Å². The lowest BCUT2D eigenvalue weighted by atomic mass is 10.0. The number of hydrogen-bond donors (Lipinski definition) is 3. The van der Waals surface area contributed by atoms with Crippen molar-refractivity contribution in [2.45, 2.75) is 6.17 Å². The SMILES string of the molecule is c1c[nH]c(C2Nc3cccc4cccc(c34)N2)c1. The first-order valence-corrected chi connectivity index (χ1v) is 6.10. The fourth-order valence-corrected chi connectivity index (χ4v) is 2.61. The third-order valence-corrected chi connectivity index (χ3v) is 3.44. The normalized spacial score (nSPS) is 14.2. The average Bonchev–Trinajstić information content (AvgIpc) is 2.93. The molecular formula is C15H13N3. The highest BCUT2D eigenvalue weighted by molar-refractivity contribution is 6.04. The van der Waals surface area contributed by atoms with Gasteiger partial charge in [0.2, 0.25) is 0 Å². The van der Waals surface area contributed by atoms with E-state index in [0.29, 0.717) is 0 Å². The third-order valence-electron chi connectivity index (χ3n) is 3.44. The molecule has 4 rings (SSSR count). The Morgan fingerprint density at radius 3 is 2.11 bits per heavy atom. The van der Waals surface area contributed by atoms with Crippen LogP contribution >= 0.6 is 0 Å². The maximum Gasteiger partial charge on any atom is 0.138 e. The summed E-state index contributed by atoms with van der Waals surface area (Å²) in [7, 11) is 0. The molecule has 0 saturated carbocycles. The van der Waals surface area contributed by atoms with Gasteiger partial charge < -0.3 is 15.6 Å². The van der Waals surface area contributed by atoms with E-state index in [1.54, 1.807) is 0 Å². The molecule has 0 aliphatic carbocycles. The van der Waals surface area contributed by atoms with Crippen LogP contribution in [0, 0.1) is 0 Å². The number of rotatable bonds is 1. The molecule has 0 saturated heterocycles. The summed E-state index contributed by atoms with van der Waals surface area (Å²) in [6.07, 6.45) is 2.04. The zero-order valence-electron chi connectivity index (χ0n) is 9.77. The third kappa shape index (κ3) is 1.31. The topological polar surface area (TPSA) is 39.9 Å². The standard InChI is InChI=1S/C15H13N3/c1-4-10-5-2-7-12-14(10)11(6-1)17-15(18-12)13-8-3-9-16-13/h1-9,15-18H. The van der Waals surface area contributed by atoms with E-state index >= 15 is 0 Å². The smallest absolute Gasteiger partial charge is 0.138 e. The summed E-state index contributed by atoms with van der Waals surface area (Å²) in [4.78, 5) is 3.24. The van der Waals surface area contributed by atoms with Gasteiger partial charge in [-0.15, -0.1) is 0 Å². The molecule has 1 aromatic heterocycles. The highest BCUT2D eigenvalue weighted by Gasteiger charge is 2.20. The molecule has 0 spiro atoms. The minimum Gasteiger partial charge on any atom is -0.362 e. The number of anilines is 2. The first-order chi connectivity index (χ1) is 8.92. The molecule has 1 aliphatic rings. The maximum absolute atomic E-state index is 3.52. The van der Waals surface area contributed by atoms with Gasteiger partial charge in [-0.05, 0) is 29.7 Å². The van der Waals surface area contributed by atoms with E-state index in [2.05, 4.69) is 58.1 Å². The molecule has 88 valence electrons. The molecule has 0 amide bonds. The molecule has 3 N–H and O–H groups in total. The lowest BCUT2D eigenvalue weighted by Gasteiger charge is -2.28. The first kappa shape index (κ1) is 9.59. The van der Waals surface area contributed by atoms with Crippen molar-refractivity contribution in [2.24, 2.45) is 0 Å². The van der Waals surface area contributed by atoms with Crippen LogP contribution in [0.5, 0.6) is 0 Å². The van der Waals surface area contributed by atoms with Crippen molar-refractivity contribution in [1.29, 1.82) is 0 Å². The quantitative estimate of drug-likeness (QED) is 0.601. The Morgan fingerprint density at radius 1 is 0.778 bits per heavy atom. The zero-order valence-corrected chi connectivity index (χ0v) is 9.77. The second-order valence-electron chi connectivity index (χ2n) is 4.56. The van der Waals surface area contributed by atoms with Gasteiger partial charge in [0.1, 0.15) is 6.17 Å². The minimum atomic E-state index is 0.0977. The second kappa shape index (κ2) is 3.53. The largest absolute Gasteiger partial charge is 0.362 e. The van der Waals surface area contributed by atoms with Crippen LogP contribution in [0.2, 0.25) is 0 Å². The lowest BCUT2D eigenvalue weighted by molar-refractivity contribution is 0.862.